The van der Waals surface area contributed by atoms with Crippen LogP contribution in [0.5, 0.6) is 0 Å². The van der Waals surface area contributed by atoms with Gasteiger partial charge in [-0.1, -0.05) is 19.0 Å². The van der Waals surface area contributed by atoms with E-state index in [4.69, 9.17) is 9.63 Å². The van der Waals surface area contributed by atoms with E-state index in [1.165, 1.54) is 0 Å². The summed E-state index contributed by atoms with van der Waals surface area (Å²) in [5.74, 6) is -0.346. The van der Waals surface area contributed by atoms with Gasteiger partial charge in [0, 0.05) is 6.07 Å². The molecule has 0 saturated carbocycles. The van der Waals surface area contributed by atoms with Crippen molar-refractivity contribution < 1.29 is 19.2 Å². The van der Waals surface area contributed by atoms with Gasteiger partial charge in [-0.2, -0.15) is 0 Å². The van der Waals surface area contributed by atoms with Crippen LogP contribution in [0.2, 0.25) is 0 Å². The lowest BCUT2D eigenvalue weighted by molar-refractivity contribution is -0.139. The zero-order valence-corrected chi connectivity index (χ0v) is 11.3. The van der Waals surface area contributed by atoms with Crippen molar-refractivity contribution in [3.63, 3.8) is 0 Å². The molecular formula is C12H19N3O4. The van der Waals surface area contributed by atoms with Crippen LogP contribution in [0.15, 0.2) is 10.6 Å². The first kappa shape index (κ1) is 15.0. The molecule has 0 aliphatic heterocycles. The highest BCUT2D eigenvalue weighted by Gasteiger charge is 2.20. The third-order valence-corrected chi connectivity index (χ3v) is 2.41. The quantitative estimate of drug-likeness (QED) is 0.721. The Morgan fingerprint density at radius 3 is 2.63 bits per heavy atom. The zero-order valence-electron chi connectivity index (χ0n) is 11.3. The van der Waals surface area contributed by atoms with E-state index in [-0.39, 0.29) is 12.5 Å². The first-order valence-corrected chi connectivity index (χ1v) is 6.08. The van der Waals surface area contributed by atoms with Crippen LogP contribution in [-0.4, -0.2) is 28.3 Å². The van der Waals surface area contributed by atoms with Gasteiger partial charge in [0.05, 0.1) is 12.2 Å². The smallest absolute Gasteiger partial charge is 0.326 e. The Bertz CT molecular complexity index is 442. The van der Waals surface area contributed by atoms with Crippen LogP contribution in [0.3, 0.4) is 0 Å². The minimum Gasteiger partial charge on any atom is -0.480 e. The first-order valence-electron chi connectivity index (χ1n) is 6.08. The summed E-state index contributed by atoms with van der Waals surface area (Å²) in [5.41, 5.74) is 0.723. The number of aliphatic carboxylic acids is 1. The lowest BCUT2D eigenvalue weighted by atomic mass is 10.0. The van der Waals surface area contributed by atoms with Gasteiger partial charge in [0.25, 0.3) is 0 Å². The number of hydrogen-bond donors (Lipinski definition) is 3. The second-order valence-corrected chi connectivity index (χ2v) is 4.78. The maximum absolute atomic E-state index is 11.6. The highest BCUT2D eigenvalue weighted by atomic mass is 16.5. The van der Waals surface area contributed by atoms with Gasteiger partial charge in [0.1, 0.15) is 6.04 Å². The topological polar surface area (TPSA) is 104 Å². The second-order valence-electron chi connectivity index (χ2n) is 4.78. The summed E-state index contributed by atoms with van der Waals surface area (Å²) in [7, 11) is 0. The van der Waals surface area contributed by atoms with E-state index in [2.05, 4.69) is 15.8 Å². The summed E-state index contributed by atoms with van der Waals surface area (Å²) in [4.78, 5) is 22.5. The molecule has 0 fully saturated rings. The van der Waals surface area contributed by atoms with Gasteiger partial charge in [0.15, 0.2) is 5.76 Å². The van der Waals surface area contributed by atoms with Crippen molar-refractivity contribution in [1.82, 2.24) is 15.8 Å². The van der Waals surface area contributed by atoms with E-state index in [1.807, 2.05) is 13.8 Å². The molecule has 0 aliphatic rings. The molecule has 2 amide bonds. The average molecular weight is 269 g/mol. The number of aromatic nitrogens is 1. The molecule has 19 heavy (non-hydrogen) atoms. The molecule has 1 aromatic rings. The van der Waals surface area contributed by atoms with Crippen molar-refractivity contribution in [2.75, 3.05) is 0 Å². The number of carboxylic acid groups (broad SMARTS) is 1. The molecule has 1 atom stereocenters. The number of nitrogens with zero attached hydrogens (tertiary/aromatic N) is 1. The van der Waals surface area contributed by atoms with E-state index < -0.39 is 18.0 Å². The van der Waals surface area contributed by atoms with Crippen molar-refractivity contribution >= 4 is 12.0 Å². The summed E-state index contributed by atoms with van der Waals surface area (Å²) >= 11 is 0. The number of aryl methyl sites for hydroxylation is 1. The molecule has 1 heterocycles. The molecule has 0 bridgehead atoms. The van der Waals surface area contributed by atoms with Gasteiger partial charge in [0.2, 0.25) is 0 Å². The number of rotatable bonds is 6. The van der Waals surface area contributed by atoms with Crippen LogP contribution in [0.1, 0.15) is 31.7 Å². The van der Waals surface area contributed by atoms with Crippen molar-refractivity contribution in [2.24, 2.45) is 5.92 Å². The largest absolute Gasteiger partial charge is 0.480 e. The Morgan fingerprint density at radius 2 is 2.16 bits per heavy atom. The number of hydrogen-bond acceptors (Lipinski definition) is 4. The monoisotopic (exact) mass is 269 g/mol. The van der Waals surface area contributed by atoms with E-state index in [9.17, 15) is 9.59 Å². The minimum absolute atomic E-state index is 0.167. The van der Waals surface area contributed by atoms with Crippen LogP contribution in [0, 0.1) is 12.8 Å². The Kier molecular flexibility index (Phi) is 5.35. The number of carboxylic acids is 1. The molecule has 3 N–H and O–H groups in total. The summed E-state index contributed by atoms with van der Waals surface area (Å²) < 4.78 is 4.92. The van der Waals surface area contributed by atoms with Crippen LogP contribution in [0.25, 0.3) is 0 Å². The van der Waals surface area contributed by atoms with Gasteiger partial charge >= 0.3 is 12.0 Å². The molecule has 106 valence electrons. The van der Waals surface area contributed by atoms with Gasteiger partial charge in [-0.05, 0) is 19.3 Å². The Balaban J connectivity index is 2.42. The van der Waals surface area contributed by atoms with Gasteiger partial charge in [-0.25, -0.2) is 9.59 Å². The number of nitrogens with one attached hydrogen (secondary N) is 2. The Morgan fingerprint density at radius 1 is 1.47 bits per heavy atom. The maximum atomic E-state index is 11.6. The second kappa shape index (κ2) is 6.77. The summed E-state index contributed by atoms with van der Waals surface area (Å²) in [5, 5.41) is 17.6. The van der Waals surface area contributed by atoms with Crippen molar-refractivity contribution in [1.29, 1.82) is 0 Å². The molecule has 1 aromatic heterocycles. The van der Waals surface area contributed by atoms with Crippen LogP contribution in [-0.2, 0) is 11.3 Å². The lowest BCUT2D eigenvalue weighted by Crippen LogP contribution is -2.46. The first-order chi connectivity index (χ1) is 8.88. The van der Waals surface area contributed by atoms with E-state index >= 15 is 0 Å². The fraction of sp³-hybridized carbons (Fsp3) is 0.583. The SMILES string of the molecule is Cc1cc(CNC(=O)N[C@H](CC(C)C)C(=O)O)on1. The predicted molar refractivity (Wildman–Crippen MR) is 67.5 cm³/mol. The highest BCUT2D eigenvalue weighted by molar-refractivity contribution is 5.82. The normalized spacial score (nSPS) is 12.2. The molecule has 0 aliphatic carbocycles. The van der Waals surface area contributed by atoms with Gasteiger partial charge in [-0.15, -0.1) is 0 Å². The lowest BCUT2D eigenvalue weighted by Gasteiger charge is -2.16. The summed E-state index contributed by atoms with van der Waals surface area (Å²) in [6, 6.07) is 0.266. The van der Waals surface area contributed by atoms with Gasteiger partial charge < -0.3 is 20.3 Å². The summed E-state index contributed by atoms with van der Waals surface area (Å²) in [6.45, 7) is 5.73. The Labute approximate surface area is 111 Å². The molecule has 0 radical (unpaired) electrons. The number of urea groups is 1. The van der Waals surface area contributed by atoms with Crippen LogP contribution < -0.4 is 10.6 Å². The van der Waals surface area contributed by atoms with E-state index in [0.29, 0.717) is 12.2 Å². The minimum atomic E-state index is -1.04. The molecule has 7 nitrogen and oxygen atoms in total. The fourth-order valence-electron chi connectivity index (χ4n) is 1.57. The van der Waals surface area contributed by atoms with E-state index in [1.54, 1.807) is 13.0 Å². The number of carbonyl (C=O) groups excluding carboxylic acids is 1. The molecule has 1 rings (SSSR count). The zero-order chi connectivity index (χ0) is 14.4. The maximum Gasteiger partial charge on any atom is 0.326 e. The standard InChI is InChI=1S/C12H19N3O4/c1-7(2)4-10(11(16)17)14-12(18)13-6-9-5-8(3)15-19-9/h5,7,10H,4,6H2,1-3H3,(H,16,17)(H2,13,14,18)/t10-/m1/s1. The molecule has 0 spiro atoms. The fourth-order valence-corrected chi connectivity index (χ4v) is 1.57. The van der Waals surface area contributed by atoms with Crippen LogP contribution >= 0.6 is 0 Å². The highest BCUT2D eigenvalue weighted by Crippen LogP contribution is 2.05. The number of carbonyl (C=O) groups is 2. The molecule has 0 unspecified atom stereocenters. The molecular weight excluding hydrogens is 250 g/mol. The van der Waals surface area contributed by atoms with Crippen molar-refractivity contribution in [2.45, 2.75) is 39.8 Å². The third-order valence-electron chi connectivity index (χ3n) is 2.41. The van der Waals surface area contributed by atoms with Crippen molar-refractivity contribution in [3.05, 3.63) is 17.5 Å². The predicted octanol–water partition coefficient (Wildman–Crippen LogP) is 1.28. The van der Waals surface area contributed by atoms with Crippen molar-refractivity contribution in [3.8, 4) is 0 Å². The Hall–Kier alpha value is -2.05. The van der Waals surface area contributed by atoms with Crippen LogP contribution in [0.4, 0.5) is 4.79 Å². The molecule has 0 aromatic carbocycles. The van der Waals surface area contributed by atoms with Gasteiger partial charge in [-0.3, -0.25) is 0 Å². The average Bonchev–Trinajstić information content (AvgIpc) is 2.71. The molecule has 7 heteroatoms. The third kappa shape index (κ3) is 5.41. The summed E-state index contributed by atoms with van der Waals surface area (Å²) in [6.07, 6.45) is 0.379. The number of amides is 2. The van der Waals surface area contributed by atoms with E-state index in [0.717, 1.165) is 5.69 Å². The molecule has 0 saturated heterocycles.